The second-order valence-corrected chi connectivity index (χ2v) is 8.94. The lowest BCUT2D eigenvalue weighted by atomic mass is 10.0. The summed E-state index contributed by atoms with van der Waals surface area (Å²) >= 11 is 0. The maximum Gasteiger partial charge on any atom is 0.416 e. The summed E-state index contributed by atoms with van der Waals surface area (Å²) in [6.45, 7) is 1.78. The second kappa shape index (κ2) is 8.42. The number of aryl methyl sites for hydroxylation is 1. The molecule has 2 heterocycles. The van der Waals surface area contributed by atoms with Gasteiger partial charge in [0.15, 0.2) is 0 Å². The van der Waals surface area contributed by atoms with E-state index in [1.807, 2.05) is 0 Å². The first-order chi connectivity index (χ1) is 15.5. The lowest BCUT2D eigenvalue weighted by molar-refractivity contribution is -0.137. The maximum atomic E-state index is 12.9. The molecule has 0 atom stereocenters. The van der Waals surface area contributed by atoms with Gasteiger partial charge in [-0.2, -0.15) is 13.2 Å². The molecule has 0 unspecified atom stereocenters. The van der Waals surface area contributed by atoms with Gasteiger partial charge in [-0.3, -0.25) is 4.98 Å². The van der Waals surface area contributed by atoms with E-state index in [-0.39, 0.29) is 4.90 Å². The molecule has 0 spiro atoms. The predicted octanol–water partition coefficient (Wildman–Crippen LogP) is 5.45. The number of halogens is 3. The van der Waals surface area contributed by atoms with E-state index in [0.717, 1.165) is 12.1 Å². The first-order valence-corrected chi connectivity index (χ1v) is 11.3. The summed E-state index contributed by atoms with van der Waals surface area (Å²) in [6.07, 6.45) is -4.41. The molecular weight excluding hydrogens is 451 g/mol. The zero-order valence-corrected chi connectivity index (χ0v) is 18.2. The van der Waals surface area contributed by atoms with Crippen LogP contribution in [0.4, 0.5) is 13.2 Å². The zero-order valence-electron chi connectivity index (χ0n) is 17.3. The largest absolute Gasteiger partial charge is 0.416 e. The van der Waals surface area contributed by atoms with Crippen LogP contribution in [0.1, 0.15) is 11.3 Å². The SMILES string of the molecule is Cc1cc(-c2ccc(C(F)(F)F)cc2)cc(-c2cccc(-c3ccccc3S(N)(=O)=O)n2)n1. The molecule has 33 heavy (non-hydrogen) atoms. The van der Waals surface area contributed by atoms with Gasteiger partial charge in [0.2, 0.25) is 10.0 Å². The Bertz CT molecular complexity index is 1430. The Kier molecular flexibility index (Phi) is 5.77. The number of sulfonamides is 1. The van der Waals surface area contributed by atoms with Crippen LogP contribution >= 0.6 is 0 Å². The third-order valence-electron chi connectivity index (χ3n) is 4.98. The van der Waals surface area contributed by atoms with Gasteiger partial charge in [0, 0.05) is 11.3 Å². The Hall–Kier alpha value is -3.56. The van der Waals surface area contributed by atoms with Crippen molar-refractivity contribution in [1.29, 1.82) is 0 Å². The summed E-state index contributed by atoms with van der Waals surface area (Å²) in [4.78, 5) is 9.04. The van der Waals surface area contributed by atoms with E-state index in [1.165, 1.54) is 18.2 Å². The molecule has 0 aliphatic rings. The highest BCUT2D eigenvalue weighted by atomic mass is 32.2. The molecule has 2 N–H and O–H groups in total. The van der Waals surface area contributed by atoms with Crippen LogP contribution in [-0.4, -0.2) is 18.4 Å². The van der Waals surface area contributed by atoms with Gasteiger partial charge in [-0.15, -0.1) is 0 Å². The van der Waals surface area contributed by atoms with Crippen LogP contribution in [0, 0.1) is 6.92 Å². The Morgan fingerprint density at radius 2 is 1.42 bits per heavy atom. The van der Waals surface area contributed by atoms with E-state index < -0.39 is 21.8 Å². The van der Waals surface area contributed by atoms with E-state index in [1.54, 1.807) is 55.5 Å². The summed E-state index contributed by atoms with van der Waals surface area (Å²) in [5.74, 6) is 0. The minimum absolute atomic E-state index is 0.0442. The highest BCUT2D eigenvalue weighted by Gasteiger charge is 2.30. The molecule has 0 aliphatic carbocycles. The number of benzene rings is 2. The van der Waals surface area contributed by atoms with Crippen LogP contribution in [0.3, 0.4) is 0 Å². The number of hydrogen-bond acceptors (Lipinski definition) is 4. The third kappa shape index (κ3) is 4.94. The summed E-state index contributed by atoms with van der Waals surface area (Å²) in [7, 11) is -3.96. The van der Waals surface area contributed by atoms with Crippen LogP contribution in [-0.2, 0) is 16.2 Å². The number of aromatic nitrogens is 2. The molecule has 0 saturated carbocycles. The summed E-state index contributed by atoms with van der Waals surface area (Å²) in [5.41, 5.74) is 2.95. The second-order valence-electron chi connectivity index (χ2n) is 7.41. The number of nitrogens with zero attached hydrogens (tertiary/aromatic N) is 2. The van der Waals surface area contributed by atoms with Crippen molar-refractivity contribution >= 4 is 10.0 Å². The number of rotatable bonds is 4. The van der Waals surface area contributed by atoms with Gasteiger partial charge in [-0.1, -0.05) is 36.4 Å². The molecule has 4 aromatic rings. The molecule has 0 aliphatic heterocycles. The van der Waals surface area contributed by atoms with Gasteiger partial charge in [-0.25, -0.2) is 18.5 Å². The highest BCUT2D eigenvalue weighted by Crippen LogP contribution is 2.32. The summed E-state index contributed by atoms with van der Waals surface area (Å²) in [6, 6.07) is 19.8. The topological polar surface area (TPSA) is 85.9 Å². The maximum absolute atomic E-state index is 12.9. The van der Waals surface area contributed by atoms with E-state index in [4.69, 9.17) is 5.14 Å². The smallest absolute Gasteiger partial charge is 0.251 e. The minimum Gasteiger partial charge on any atom is -0.251 e. The van der Waals surface area contributed by atoms with E-state index >= 15 is 0 Å². The van der Waals surface area contributed by atoms with Crippen LogP contribution in [0.15, 0.2) is 83.8 Å². The molecule has 0 amide bonds. The van der Waals surface area contributed by atoms with Crippen molar-refractivity contribution in [1.82, 2.24) is 9.97 Å². The molecule has 9 heteroatoms. The number of hydrogen-bond donors (Lipinski definition) is 1. The van der Waals surface area contributed by atoms with Gasteiger partial charge in [0.25, 0.3) is 0 Å². The molecular formula is C24H18F3N3O2S. The van der Waals surface area contributed by atoms with Crippen LogP contribution in [0.25, 0.3) is 33.8 Å². The molecule has 5 nitrogen and oxygen atoms in total. The molecule has 2 aromatic carbocycles. The standard InChI is InChI=1S/C24H18F3N3O2S/c1-15-13-17(16-9-11-18(12-10-16)24(25,26)27)14-22(29-15)21-7-4-6-20(30-21)19-5-2-3-8-23(19)33(28,31)32/h2-14H,1H3,(H2,28,31,32). The fourth-order valence-corrected chi connectivity index (χ4v) is 4.22. The van der Waals surface area contributed by atoms with Crippen molar-refractivity contribution in [2.75, 3.05) is 0 Å². The van der Waals surface area contributed by atoms with Crippen molar-refractivity contribution in [2.45, 2.75) is 18.0 Å². The van der Waals surface area contributed by atoms with Gasteiger partial charge >= 0.3 is 6.18 Å². The predicted molar refractivity (Wildman–Crippen MR) is 119 cm³/mol. The number of pyridine rings is 2. The van der Waals surface area contributed by atoms with Gasteiger partial charge < -0.3 is 0 Å². The van der Waals surface area contributed by atoms with Gasteiger partial charge in [0.1, 0.15) is 0 Å². The van der Waals surface area contributed by atoms with Crippen LogP contribution < -0.4 is 5.14 Å². The zero-order chi connectivity index (χ0) is 23.8. The first kappa shape index (κ1) is 22.6. The van der Waals surface area contributed by atoms with Gasteiger partial charge in [0.05, 0.1) is 27.5 Å². The van der Waals surface area contributed by atoms with Crippen LogP contribution in [0.2, 0.25) is 0 Å². The molecule has 0 fully saturated rings. The molecule has 0 saturated heterocycles. The van der Waals surface area contributed by atoms with E-state index in [0.29, 0.717) is 39.5 Å². The molecule has 0 radical (unpaired) electrons. The third-order valence-corrected chi connectivity index (χ3v) is 5.95. The first-order valence-electron chi connectivity index (χ1n) is 9.78. The van der Waals surface area contributed by atoms with Crippen molar-refractivity contribution in [2.24, 2.45) is 5.14 Å². The molecule has 0 bridgehead atoms. The average molecular weight is 469 g/mol. The minimum atomic E-state index is -4.41. The van der Waals surface area contributed by atoms with Crippen molar-refractivity contribution in [3.8, 4) is 33.8 Å². The Labute approximate surface area is 188 Å². The average Bonchev–Trinajstić information content (AvgIpc) is 2.78. The van der Waals surface area contributed by atoms with E-state index in [2.05, 4.69) is 9.97 Å². The fourth-order valence-electron chi connectivity index (χ4n) is 3.47. The van der Waals surface area contributed by atoms with Gasteiger partial charge in [-0.05, 0) is 60.5 Å². The summed E-state index contributed by atoms with van der Waals surface area (Å²) in [5, 5.41) is 5.35. The van der Waals surface area contributed by atoms with Crippen LogP contribution in [0.5, 0.6) is 0 Å². The summed E-state index contributed by atoms with van der Waals surface area (Å²) < 4.78 is 62.6. The Morgan fingerprint density at radius 3 is 2.09 bits per heavy atom. The fraction of sp³-hybridized carbons (Fsp3) is 0.0833. The molecule has 4 rings (SSSR count). The van der Waals surface area contributed by atoms with E-state index in [9.17, 15) is 21.6 Å². The number of primary sulfonamides is 1. The van der Waals surface area contributed by atoms with Crippen molar-refractivity contribution < 1.29 is 21.6 Å². The lowest BCUT2D eigenvalue weighted by Crippen LogP contribution is -2.13. The number of alkyl halides is 3. The monoisotopic (exact) mass is 469 g/mol. The quantitative estimate of drug-likeness (QED) is 0.431. The Balaban J connectivity index is 1.77. The molecule has 168 valence electrons. The number of nitrogens with two attached hydrogens (primary N) is 1. The Morgan fingerprint density at radius 1 is 0.758 bits per heavy atom. The van der Waals surface area contributed by atoms with Crippen molar-refractivity contribution in [3.05, 3.63) is 90.1 Å². The molecule has 2 aromatic heterocycles. The lowest BCUT2D eigenvalue weighted by Gasteiger charge is -2.11. The highest BCUT2D eigenvalue weighted by molar-refractivity contribution is 7.89. The normalized spacial score (nSPS) is 12.0. The van der Waals surface area contributed by atoms with Crippen molar-refractivity contribution in [3.63, 3.8) is 0 Å².